The monoisotopic (exact) mass is 705 g/mol. The molecule has 0 radical (unpaired) electrons. The van der Waals surface area contributed by atoms with Gasteiger partial charge in [0.15, 0.2) is 0 Å². The summed E-state index contributed by atoms with van der Waals surface area (Å²) in [7, 11) is 3.45. The fraction of sp³-hybridized carbons (Fsp3) is 0.278. The molecule has 0 spiro atoms. The molecular formula is C36H37F2N5O6S. The smallest absolute Gasteiger partial charge is 0.338 e. The summed E-state index contributed by atoms with van der Waals surface area (Å²) in [6.45, 7) is 4.82. The van der Waals surface area contributed by atoms with Gasteiger partial charge in [0.2, 0.25) is 0 Å². The molecule has 3 aromatic carbocycles. The highest BCUT2D eigenvalue weighted by atomic mass is 32.1. The maximum atomic E-state index is 15.1. The molecular weight excluding hydrogens is 668 g/mol. The molecule has 0 aliphatic rings. The fourth-order valence-electron chi connectivity index (χ4n) is 5.46. The van der Waals surface area contributed by atoms with Gasteiger partial charge < -0.3 is 20.1 Å². The molecule has 0 atom stereocenters. The standard InChI is InChI=1S/C36H37F2N5O6S/c1-5-39-35(46)40-24-14-10-22(11-15-24)31-27(20-41(3)18-19-48-4)30-32(44)43(25-16-12-23(13-17-25)34(45)49-6-2)36(47)42(33(30)50-31)21-26-28(37)8-7-9-29(26)38/h7-17H,5-6,18-21H2,1-4H3,(H2,39,40,46). The van der Waals surface area contributed by atoms with Crippen LogP contribution in [-0.2, 0) is 22.6 Å². The summed E-state index contributed by atoms with van der Waals surface area (Å²) in [4.78, 5) is 56.1. The van der Waals surface area contributed by atoms with Gasteiger partial charge in [-0.15, -0.1) is 11.3 Å². The molecule has 262 valence electrons. The summed E-state index contributed by atoms with van der Waals surface area (Å²) in [6, 6.07) is 15.9. The SMILES string of the molecule is CCNC(=O)Nc1ccc(-c2sc3c(c2CN(C)CCOC)c(=O)n(-c2ccc(C(=O)OCC)cc2)c(=O)n3Cc2c(F)cccc2F)cc1. The average molecular weight is 706 g/mol. The van der Waals surface area contributed by atoms with E-state index in [2.05, 4.69) is 10.6 Å². The fourth-order valence-corrected chi connectivity index (χ4v) is 6.76. The van der Waals surface area contributed by atoms with Crippen molar-refractivity contribution in [3.63, 3.8) is 0 Å². The van der Waals surface area contributed by atoms with Gasteiger partial charge in [0.05, 0.1) is 36.4 Å². The van der Waals surface area contributed by atoms with E-state index in [9.17, 15) is 19.2 Å². The van der Waals surface area contributed by atoms with E-state index in [1.807, 2.05) is 18.9 Å². The number of esters is 1. The van der Waals surface area contributed by atoms with Gasteiger partial charge in [0.25, 0.3) is 5.56 Å². The maximum absolute atomic E-state index is 15.1. The average Bonchev–Trinajstić information content (AvgIpc) is 3.46. The summed E-state index contributed by atoms with van der Waals surface area (Å²) >= 11 is 1.16. The third-order valence-electron chi connectivity index (χ3n) is 7.93. The molecule has 2 amide bonds. The molecule has 0 fully saturated rings. The molecule has 2 aromatic heterocycles. The number of hydrogen-bond donors (Lipinski definition) is 2. The summed E-state index contributed by atoms with van der Waals surface area (Å²) < 4.78 is 42.6. The van der Waals surface area contributed by atoms with Crippen LogP contribution in [0, 0.1) is 11.6 Å². The van der Waals surface area contributed by atoms with E-state index in [4.69, 9.17) is 9.47 Å². The molecule has 5 rings (SSSR count). The number of benzene rings is 3. The first-order valence-corrected chi connectivity index (χ1v) is 16.7. The first-order chi connectivity index (χ1) is 24.1. The molecule has 0 unspecified atom stereocenters. The molecule has 2 N–H and O–H groups in total. The van der Waals surface area contributed by atoms with E-state index < -0.39 is 35.4 Å². The third kappa shape index (κ3) is 7.67. The number of anilines is 1. The number of halogens is 2. The molecule has 0 bridgehead atoms. The van der Waals surface area contributed by atoms with Gasteiger partial charge in [-0.05, 0) is 80.6 Å². The van der Waals surface area contributed by atoms with Crippen LogP contribution in [0.25, 0.3) is 26.3 Å². The highest BCUT2D eigenvalue weighted by molar-refractivity contribution is 7.22. The second kappa shape index (κ2) is 16.0. The molecule has 0 aliphatic heterocycles. The molecule has 50 heavy (non-hydrogen) atoms. The Morgan fingerprint density at radius 3 is 2.24 bits per heavy atom. The summed E-state index contributed by atoms with van der Waals surface area (Å²) in [6.07, 6.45) is 0. The number of carbonyl (C=O) groups excluding carboxylic acids is 2. The van der Waals surface area contributed by atoms with Crippen molar-refractivity contribution in [2.24, 2.45) is 0 Å². The second-order valence-electron chi connectivity index (χ2n) is 11.4. The maximum Gasteiger partial charge on any atom is 0.338 e. The molecule has 5 aromatic rings. The van der Waals surface area contributed by atoms with Crippen molar-refractivity contribution in [1.29, 1.82) is 0 Å². The van der Waals surface area contributed by atoms with Gasteiger partial charge in [0.1, 0.15) is 16.5 Å². The third-order valence-corrected chi connectivity index (χ3v) is 9.24. The van der Waals surface area contributed by atoms with Crippen LogP contribution in [0.1, 0.15) is 35.3 Å². The number of nitrogens with zero attached hydrogens (tertiary/aromatic N) is 3. The Morgan fingerprint density at radius 2 is 1.62 bits per heavy atom. The zero-order valence-electron chi connectivity index (χ0n) is 28.0. The number of methoxy groups -OCH3 is 1. The van der Waals surface area contributed by atoms with E-state index in [-0.39, 0.29) is 46.2 Å². The van der Waals surface area contributed by atoms with Crippen molar-refractivity contribution in [2.75, 3.05) is 45.8 Å². The number of ether oxygens (including phenoxy) is 2. The van der Waals surface area contributed by atoms with Crippen LogP contribution < -0.4 is 21.9 Å². The second-order valence-corrected chi connectivity index (χ2v) is 12.4. The van der Waals surface area contributed by atoms with E-state index in [1.54, 1.807) is 38.3 Å². The minimum atomic E-state index is -0.840. The van der Waals surface area contributed by atoms with Gasteiger partial charge in [-0.1, -0.05) is 18.2 Å². The molecule has 11 nitrogen and oxygen atoms in total. The number of aromatic nitrogens is 2. The van der Waals surface area contributed by atoms with Crippen molar-refractivity contribution < 1.29 is 27.8 Å². The van der Waals surface area contributed by atoms with Gasteiger partial charge >= 0.3 is 17.7 Å². The number of likely N-dealkylation sites (N-methyl/N-ethyl adjacent to an activating group) is 1. The van der Waals surface area contributed by atoms with Crippen LogP contribution in [0.2, 0.25) is 0 Å². The summed E-state index contributed by atoms with van der Waals surface area (Å²) in [5.41, 5.74) is 0.426. The van der Waals surface area contributed by atoms with E-state index >= 15 is 8.78 Å². The molecule has 0 saturated carbocycles. The van der Waals surface area contributed by atoms with Crippen molar-refractivity contribution in [3.8, 4) is 16.1 Å². The lowest BCUT2D eigenvalue weighted by molar-refractivity contribution is 0.0526. The van der Waals surface area contributed by atoms with Crippen LogP contribution in [0.5, 0.6) is 0 Å². The topological polar surface area (TPSA) is 124 Å². The minimum Gasteiger partial charge on any atom is -0.462 e. The Labute approximate surface area is 290 Å². The van der Waals surface area contributed by atoms with Crippen molar-refractivity contribution in [2.45, 2.75) is 26.9 Å². The summed E-state index contributed by atoms with van der Waals surface area (Å²) in [5.74, 6) is -2.24. The Balaban J connectivity index is 1.78. The number of carbonyl (C=O) groups is 2. The molecule has 14 heteroatoms. The number of hydrogen-bond acceptors (Lipinski definition) is 8. The quantitative estimate of drug-likeness (QED) is 0.153. The Morgan fingerprint density at radius 1 is 0.940 bits per heavy atom. The van der Waals surface area contributed by atoms with Gasteiger partial charge in [-0.25, -0.2) is 27.7 Å². The van der Waals surface area contributed by atoms with Crippen molar-refractivity contribution in [1.82, 2.24) is 19.4 Å². The lowest BCUT2D eigenvalue weighted by Crippen LogP contribution is -2.39. The number of nitrogens with one attached hydrogen (secondary N) is 2. The first-order valence-electron chi connectivity index (χ1n) is 15.9. The predicted octanol–water partition coefficient (Wildman–Crippen LogP) is 5.60. The van der Waals surface area contributed by atoms with Crippen LogP contribution in [0.3, 0.4) is 0 Å². The first kappa shape index (κ1) is 36.1. The van der Waals surface area contributed by atoms with Crippen LogP contribution in [-0.4, -0.2) is 66.5 Å². The van der Waals surface area contributed by atoms with Crippen LogP contribution >= 0.6 is 11.3 Å². The lowest BCUT2D eigenvalue weighted by Gasteiger charge is -2.18. The Bertz CT molecular complexity index is 2110. The Kier molecular flexibility index (Phi) is 11.6. The Hall–Kier alpha value is -5.18. The number of thiophene rings is 1. The highest BCUT2D eigenvalue weighted by Gasteiger charge is 2.26. The zero-order chi connectivity index (χ0) is 35.9. The largest absolute Gasteiger partial charge is 0.462 e. The minimum absolute atomic E-state index is 0.157. The summed E-state index contributed by atoms with van der Waals surface area (Å²) in [5, 5.41) is 5.63. The number of amides is 2. The van der Waals surface area contributed by atoms with Crippen molar-refractivity contribution in [3.05, 3.63) is 116 Å². The normalized spacial score (nSPS) is 11.3. The molecule has 0 saturated heterocycles. The number of rotatable bonds is 13. The van der Waals surface area contributed by atoms with Gasteiger partial charge in [-0.2, -0.15) is 0 Å². The number of fused-ring (bicyclic) bond motifs is 1. The van der Waals surface area contributed by atoms with E-state index in [0.717, 1.165) is 28.0 Å². The zero-order valence-corrected chi connectivity index (χ0v) is 28.9. The van der Waals surface area contributed by atoms with E-state index in [0.29, 0.717) is 41.4 Å². The molecule has 0 aliphatic carbocycles. The van der Waals surface area contributed by atoms with Crippen LogP contribution in [0.4, 0.5) is 19.3 Å². The van der Waals surface area contributed by atoms with Gasteiger partial charge in [0, 0.05) is 42.9 Å². The van der Waals surface area contributed by atoms with E-state index in [1.165, 1.54) is 34.9 Å². The lowest BCUT2D eigenvalue weighted by atomic mass is 10.1. The molecule has 2 heterocycles. The van der Waals surface area contributed by atoms with Crippen molar-refractivity contribution >= 4 is 39.2 Å². The van der Waals surface area contributed by atoms with Gasteiger partial charge in [-0.3, -0.25) is 14.3 Å². The highest BCUT2D eigenvalue weighted by Crippen LogP contribution is 2.38. The predicted molar refractivity (Wildman–Crippen MR) is 189 cm³/mol. The van der Waals surface area contributed by atoms with Crippen LogP contribution in [0.15, 0.2) is 76.3 Å². The number of urea groups is 1.